The lowest BCUT2D eigenvalue weighted by atomic mass is 10.1. The molecule has 0 aliphatic carbocycles. The lowest BCUT2D eigenvalue weighted by molar-refractivity contribution is -0.138. The highest BCUT2D eigenvalue weighted by Gasteiger charge is 2.39. The molecular weight excluding hydrogens is 638 g/mol. The Morgan fingerprint density at radius 2 is 1.61 bits per heavy atom. The van der Waals surface area contributed by atoms with Crippen LogP contribution < -0.4 is 5.43 Å². The van der Waals surface area contributed by atoms with Gasteiger partial charge in [-0.2, -0.15) is 36.1 Å². The second-order valence-electron chi connectivity index (χ2n) is 8.03. The fourth-order valence-electron chi connectivity index (χ4n) is 3.55. The molecule has 0 saturated heterocycles. The van der Waals surface area contributed by atoms with E-state index in [-0.39, 0.29) is 21.1 Å². The van der Waals surface area contributed by atoms with Gasteiger partial charge in [-0.3, -0.25) is 4.79 Å². The Labute approximate surface area is 229 Å². The number of aryl methyl sites for hydroxylation is 1. The zero-order valence-electron chi connectivity index (χ0n) is 19.8. The van der Waals surface area contributed by atoms with Crippen LogP contribution >= 0.6 is 15.9 Å². The van der Waals surface area contributed by atoms with Crippen molar-refractivity contribution in [3.05, 3.63) is 79.6 Å². The average molecular weight is 649 g/mol. The Kier molecular flexibility index (Phi) is 7.38. The number of halogens is 7. The molecule has 5 rings (SSSR count). The maximum absolute atomic E-state index is 13.4. The van der Waals surface area contributed by atoms with Crippen molar-refractivity contribution in [1.82, 2.24) is 20.0 Å². The molecule has 0 unspecified atom stereocenters. The average Bonchev–Trinajstić information content (AvgIpc) is 3.47. The summed E-state index contributed by atoms with van der Waals surface area (Å²) in [5.41, 5.74) is -7.52. The van der Waals surface area contributed by atoms with Gasteiger partial charge in [0.1, 0.15) is 23.0 Å². The van der Waals surface area contributed by atoms with E-state index in [2.05, 4.69) is 35.6 Å². The number of aromatic nitrogens is 4. The Hall–Kier alpha value is -4.74. The molecule has 18 heteroatoms. The number of nitrogens with zero attached hydrogens (tertiary/aromatic N) is 4. The van der Waals surface area contributed by atoms with Crippen LogP contribution in [-0.4, -0.2) is 42.1 Å². The number of carboxylic acids is 2. The molecule has 0 aliphatic rings. The largest absolute Gasteiger partial charge is 0.476 e. The lowest BCUT2D eigenvalue weighted by Gasteiger charge is -2.15. The minimum atomic E-state index is -5.12. The molecule has 4 heterocycles. The molecular formula is C23H11BrF6N4O7. The Morgan fingerprint density at radius 1 is 0.951 bits per heavy atom. The first-order valence-electron chi connectivity index (χ1n) is 10.7. The highest BCUT2D eigenvalue weighted by atomic mass is 79.9. The summed E-state index contributed by atoms with van der Waals surface area (Å²) in [6.45, 7) is 1.77. The monoisotopic (exact) mass is 648 g/mol. The van der Waals surface area contributed by atoms with E-state index in [9.17, 15) is 40.7 Å². The molecule has 0 spiro atoms. The third-order valence-electron chi connectivity index (χ3n) is 5.23. The van der Waals surface area contributed by atoms with Crippen molar-refractivity contribution < 1.29 is 55.0 Å². The van der Waals surface area contributed by atoms with Crippen LogP contribution in [0.3, 0.4) is 0 Å². The molecule has 214 valence electrons. The Morgan fingerprint density at radius 3 is 2.20 bits per heavy atom. The maximum Gasteiger partial charge on any atom is 0.420 e. The third-order valence-corrected chi connectivity index (χ3v) is 5.72. The smallest absolute Gasteiger partial charge is 0.420 e. The van der Waals surface area contributed by atoms with E-state index in [1.165, 1.54) is 6.07 Å². The minimum absolute atomic E-state index is 0.00486. The number of carbonyl (C=O) groups is 2. The second-order valence-corrected chi connectivity index (χ2v) is 8.95. The van der Waals surface area contributed by atoms with Gasteiger partial charge in [0.2, 0.25) is 22.5 Å². The zero-order valence-corrected chi connectivity index (χ0v) is 21.4. The minimum Gasteiger partial charge on any atom is -0.476 e. The third kappa shape index (κ3) is 5.76. The number of rotatable bonds is 3. The molecule has 0 saturated carbocycles. The van der Waals surface area contributed by atoms with E-state index in [4.69, 9.17) is 14.6 Å². The Balaban J connectivity index is 0.000000247. The highest BCUT2D eigenvalue weighted by Crippen LogP contribution is 2.38. The number of hydrogen-bond acceptors (Lipinski definition) is 8. The SMILES string of the molecule is Cc1cc2cc(C(=O)O)nnc2o1.O=C(O)c1nn(-c2ccc(Br)cc2C(F)(F)F)c2occ(C(F)(F)F)c2c1=O. The van der Waals surface area contributed by atoms with Crippen LogP contribution in [0.5, 0.6) is 0 Å². The first-order valence-corrected chi connectivity index (χ1v) is 11.5. The summed E-state index contributed by atoms with van der Waals surface area (Å²) in [5, 5.41) is 27.5. The molecule has 0 bridgehead atoms. The summed E-state index contributed by atoms with van der Waals surface area (Å²) in [6, 6.07) is 5.74. The van der Waals surface area contributed by atoms with Gasteiger partial charge in [-0.05, 0) is 37.3 Å². The number of furan rings is 2. The van der Waals surface area contributed by atoms with Crippen LogP contribution in [0.1, 0.15) is 37.9 Å². The number of carboxylic acid groups (broad SMARTS) is 2. The first-order chi connectivity index (χ1) is 19.0. The molecule has 41 heavy (non-hydrogen) atoms. The van der Waals surface area contributed by atoms with Crippen LogP contribution in [0, 0.1) is 6.92 Å². The van der Waals surface area contributed by atoms with Gasteiger partial charge in [-0.15, -0.1) is 10.2 Å². The quantitative estimate of drug-likeness (QED) is 0.232. The summed E-state index contributed by atoms with van der Waals surface area (Å²) in [5.74, 6) is -2.42. The second kappa shape index (κ2) is 10.3. The van der Waals surface area contributed by atoms with Gasteiger partial charge in [0.25, 0.3) is 0 Å². The predicted molar refractivity (Wildman–Crippen MR) is 128 cm³/mol. The number of fused-ring (bicyclic) bond motifs is 2. The van der Waals surface area contributed by atoms with Gasteiger partial charge < -0.3 is 19.0 Å². The Bertz CT molecular complexity index is 1890. The molecule has 0 amide bonds. The number of hydrogen-bond donors (Lipinski definition) is 2. The molecule has 4 aromatic heterocycles. The molecule has 0 radical (unpaired) electrons. The van der Waals surface area contributed by atoms with Crippen molar-refractivity contribution in [1.29, 1.82) is 0 Å². The van der Waals surface area contributed by atoms with E-state index in [1.54, 1.807) is 13.0 Å². The number of benzene rings is 1. The van der Waals surface area contributed by atoms with Gasteiger partial charge in [0.05, 0.1) is 11.3 Å². The van der Waals surface area contributed by atoms with Gasteiger partial charge in [0.15, 0.2) is 5.69 Å². The van der Waals surface area contributed by atoms with Crippen LogP contribution in [0.15, 0.2) is 54.7 Å². The molecule has 1 aromatic carbocycles. The van der Waals surface area contributed by atoms with E-state index < -0.39 is 63.3 Å². The van der Waals surface area contributed by atoms with Crippen molar-refractivity contribution in [2.24, 2.45) is 0 Å². The zero-order chi connectivity index (χ0) is 30.4. The highest BCUT2D eigenvalue weighted by molar-refractivity contribution is 9.10. The maximum atomic E-state index is 13.4. The summed E-state index contributed by atoms with van der Waals surface area (Å²) in [6.07, 6.45) is -9.98. The van der Waals surface area contributed by atoms with Crippen LogP contribution in [-0.2, 0) is 12.4 Å². The van der Waals surface area contributed by atoms with Crippen LogP contribution in [0.2, 0.25) is 0 Å². The van der Waals surface area contributed by atoms with Crippen molar-refractivity contribution in [2.75, 3.05) is 0 Å². The lowest BCUT2D eigenvalue weighted by Crippen LogP contribution is -2.24. The summed E-state index contributed by atoms with van der Waals surface area (Å²) >= 11 is 2.84. The standard InChI is InChI=1S/C15H5BrF6N2O4.C8H6N2O3/c16-5-1-2-8(6(3-5)14(17,18)19)24-12-9(7(4-28-12)15(20,21)22)11(25)10(23-24)13(26)27;1-4-2-5-3-6(8(11)12)9-10-7(5)13-4/h1-4H,(H,26,27);2-3H,1H3,(H,11,12). The molecule has 11 nitrogen and oxygen atoms in total. The van der Waals surface area contributed by atoms with Crippen molar-refractivity contribution in [2.45, 2.75) is 19.3 Å². The molecule has 2 N–H and O–H groups in total. The van der Waals surface area contributed by atoms with E-state index in [1.807, 2.05) is 0 Å². The van der Waals surface area contributed by atoms with Crippen molar-refractivity contribution in [3.63, 3.8) is 0 Å². The van der Waals surface area contributed by atoms with Crippen LogP contribution in [0.25, 0.3) is 27.9 Å². The number of aromatic carboxylic acids is 2. The summed E-state index contributed by atoms with van der Waals surface area (Å²) in [7, 11) is 0. The van der Waals surface area contributed by atoms with Crippen LogP contribution in [0.4, 0.5) is 26.3 Å². The fourth-order valence-corrected chi connectivity index (χ4v) is 3.91. The predicted octanol–water partition coefficient (Wildman–Crippen LogP) is 5.71. The normalized spacial score (nSPS) is 11.9. The summed E-state index contributed by atoms with van der Waals surface area (Å²) < 4.78 is 89.7. The molecule has 0 atom stereocenters. The number of alkyl halides is 6. The molecule has 0 fully saturated rings. The topological polar surface area (TPSA) is 162 Å². The van der Waals surface area contributed by atoms with Gasteiger partial charge in [-0.25, -0.2) is 9.59 Å². The molecule has 5 aromatic rings. The fraction of sp³-hybridized carbons (Fsp3) is 0.130. The first kappa shape index (κ1) is 29.2. The van der Waals surface area contributed by atoms with Gasteiger partial charge in [-0.1, -0.05) is 15.9 Å². The van der Waals surface area contributed by atoms with Crippen molar-refractivity contribution in [3.8, 4) is 5.69 Å². The van der Waals surface area contributed by atoms with Crippen molar-refractivity contribution >= 4 is 50.1 Å². The van der Waals surface area contributed by atoms with E-state index in [0.29, 0.717) is 22.9 Å². The van der Waals surface area contributed by atoms with Gasteiger partial charge >= 0.3 is 24.3 Å². The molecule has 0 aliphatic heterocycles. The van der Waals surface area contributed by atoms with E-state index >= 15 is 0 Å². The van der Waals surface area contributed by atoms with E-state index in [0.717, 1.165) is 12.1 Å². The van der Waals surface area contributed by atoms with Gasteiger partial charge in [0, 0.05) is 9.86 Å². The summed E-state index contributed by atoms with van der Waals surface area (Å²) in [4.78, 5) is 33.9.